The summed E-state index contributed by atoms with van der Waals surface area (Å²) in [7, 11) is -3.27. The Morgan fingerprint density at radius 1 is 1.23 bits per heavy atom. The molecule has 1 atom stereocenters. The number of nitrogens with one attached hydrogen (secondary N) is 1. The zero-order chi connectivity index (χ0) is 18.7. The number of carbonyl (C=O) groups is 1. The van der Waals surface area contributed by atoms with Crippen LogP contribution in [0.5, 0.6) is 0 Å². The summed E-state index contributed by atoms with van der Waals surface area (Å²) in [5.74, 6) is -0.0306. The molecule has 1 heterocycles. The molecule has 1 aliphatic rings. The van der Waals surface area contributed by atoms with Gasteiger partial charge in [-0.05, 0) is 36.8 Å². The molecule has 1 aliphatic heterocycles. The Labute approximate surface area is 158 Å². The van der Waals surface area contributed by atoms with E-state index in [9.17, 15) is 13.2 Å². The molecule has 0 bridgehead atoms. The normalized spacial score (nSPS) is 17.3. The molecule has 0 spiro atoms. The standard InChI is InChI=1S/C19H22N2O3S2/c1-14-10-11-21(17-8-3-4-9-18(17)25-14)19(22)13-20-15-6-5-7-16(12-15)26(2,23)24/h3-9,12,14,20H,10-11,13H2,1-2H3. The number of hydrogen-bond acceptors (Lipinski definition) is 5. The van der Waals surface area contributed by atoms with E-state index in [0.29, 0.717) is 17.5 Å². The van der Waals surface area contributed by atoms with E-state index in [4.69, 9.17) is 0 Å². The van der Waals surface area contributed by atoms with Gasteiger partial charge < -0.3 is 10.2 Å². The minimum atomic E-state index is -3.27. The first kappa shape index (κ1) is 18.8. The number of nitrogens with zero attached hydrogens (tertiary/aromatic N) is 1. The van der Waals surface area contributed by atoms with E-state index < -0.39 is 9.84 Å². The fraction of sp³-hybridized carbons (Fsp3) is 0.316. The lowest BCUT2D eigenvalue weighted by molar-refractivity contribution is -0.117. The number of fused-ring (bicyclic) bond motifs is 1. The maximum atomic E-state index is 12.8. The van der Waals surface area contributed by atoms with Crippen LogP contribution in [0.2, 0.25) is 0 Å². The molecular weight excluding hydrogens is 368 g/mol. The zero-order valence-corrected chi connectivity index (χ0v) is 16.4. The Morgan fingerprint density at radius 2 is 2.00 bits per heavy atom. The molecule has 7 heteroatoms. The maximum absolute atomic E-state index is 12.8. The van der Waals surface area contributed by atoms with Gasteiger partial charge in [0.1, 0.15) is 0 Å². The number of carbonyl (C=O) groups excluding carboxylic acids is 1. The summed E-state index contributed by atoms with van der Waals surface area (Å²) in [5, 5.41) is 3.51. The summed E-state index contributed by atoms with van der Waals surface area (Å²) in [6.45, 7) is 2.96. The number of thioether (sulfide) groups is 1. The summed E-state index contributed by atoms with van der Waals surface area (Å²) in [4.78, 5) is 16.0. The van der Waals surface area contributed by atoms with Crippen LogP contribution in [0.15, 0.2) is 58.3 Å². The highest BCUT2D eigenvalue weighted by Crippen LogP contribution is 2.37. The van der Waals surface area contributed by atoms with Crippen molar-refractivity contribution in [2.75, 3.05) is 29.6 Å². The number of hydrogen-bond donors (Lipinski definition) is 1. The molecular formula is C19H22N2O3S2. The lowest BCUT2D eigenvalue weighted by Gasteiger charge is -2.23. The van der Waals surface area contributed by atoms with E-state index in [1.807, 2.05) is 29.2 Å². The molecule has 5 nitrogen and oxygen atoms in total. The van der Waals surface area contributed by atoms with Crippen LogP contribution in [-0.4, -0.2) is 38.9 Å². The number of sulfone groups is 1. The Bertz CT molecular complexity index is 913. The first-order valence-corrected chi connectivity index (χ1v) is 11.2. The van der Waals surface area contributed by atoms with Crippen LogP contribution in [0.3, 0.4) is 0 Å². The second kappa shape index (κ2) is 7.72. The molecule has 0 fully saturated rings. The molecule has 2 aromatic rings. The van der Waals surface area contributed by atoms with Crippen LogP contribution in [0, 0.1) is 0 Å². The minimum absolute atomic E-state index is 0.0306. The van der Waals surface area contributed by atoms with Gasteiger partial charge in [0.15, 0.2) is 9.84 Å². The molecule has 3 rings (SSSR count). The SMILES string of the molecule is CC1CCN(C(=O)CNc2cccc(S(C)(=O)=O)c2)c2ccccc2S1. The van der Waals surface area contributed by atoms with Crippen molar-refractivity contribution in [2.45, 2.75) is 28.4 Å². The molecule has 2 aromatic carbocycles. The molecule has 138 valence electrons. The third-order valence-electron chi connectivity index (χ3n) is 4.25. The summed E-state index contributed by atoms with van der Waals surface area (Å²) in [5.41, 5.74) is 1.56. The lowest BCUT2D eigenvalue weighted by atomic mass is 10.2. The average Bonchev–Trinajstić information content (AvgIpc) is 2.77. The number of rotatable bonds is 4. The van der Waals surface area contributed by atoms with Crippen molar-refractivity contribution in [3.8, 4) is 0 Å². The average molecular weight is 391 g/mol. The molecule has 26 heavy (non-hydrogen) atoms. The van der Waals surface area contributed by atoms with Gasteiger partial charge in [-0.1, -0.05) is 25.1 Å². The highest BCUT2D eigenvalue weighted by molar-refractivity contribution is 8.00. The third-order valence-corrected chi connectivity index (χ3v) is 6.60. The van der Waals surface area contributed by atoms with Crippen LogP contribution >= 0.6 is 11.8 Å². The fourth-order valence-electron chi connectivity index (χ4n) is 2.86. The van der Waals surface area contributed by atoms with Crippen molar-refractivity contribution >= 4 is 38.9 Å². The van der Waals surface area contributed by atoms with Crippen molar-refractivity contribution < 1.29 is 13.2 Å². The minimum Gasteiger partial charge on any atom is -0.376 e. The molecule has 0 saturated heterocycles. The Hall–Kier alpha value is -1.99. The molecule has 0 saturated carbocycles. The van der Waals surface area contributed by atoms with Gasteiger partial charge in [-0.15, -0.1) is 11.8 Å². The van der Waals surface area contributed by atoms with Crippen LogP contribution in [-0.2, 0) is 14.6 Å². The van der Waals surface area contributed by atoms with Gasteiger partial charge in [-0.3, -0.25) is 4.79 Å². The zero-order valence-electron chi connectivity index (χ0n) is 14.8. The third kappa shape index (κ3) is 4.40. The molecule has 1 N–H and O–H groups in total. The van der Waals surface area contributed by atoms with Crippen molar-refractivity contribution in [3.63, 3.8) is 0 Å². The second-order valence-corrected chi connectivity index (χ2v) is 9.88. The van der Waals surface area contributed by atoms with Crippen molar-refractivity contribution in [1.29, 1.82) is 0 Å². The van der Waals surface area contributed by atoms with Crippen LogP contribution < -0.4 is 10.2 Å². The van der Waals surface area contributed by atoms with Gasteiger partial charge in [0, 0.05) is 28.6 Å². The summed E-state index contributed by atoms with van der Waals surface area (Å²) in [6.07, 6.45) is 2.10. The summed E-state index contributed by atoms with van der Waals surface area (Å²) >= 11 is 1.79. The Kier molecular flexibility index (Phi) is 5.58. The topological polar surface area (TPSA) is 66.5 Å². The van der Waals surface area contributed by atoms with Crippen molar-refractivity contribution in [1.82, 2.24) is 0 Å². The number of anilines is 2. The number of benzene rings is 2. The van der Waals surface area contributed by atoms with E-state index in [-0.39, 0.29) is 17.3 Å². The Morgan fingerprint density at radius 3 is 2.77 bits per heavy atom. The largest absolute Gasteiger partial charge is 0.376 e. The van der Waals surface area contributed by atoms with E-state index >= 15 is 0 Å². The fourth-order valence-corrected chi connectivity index (χ4v) is 4.64. The van der Waals surface area contributed by atoms with Gasteiger partial charge in [0.25, 0.3) is 0 Å². The summed E-state index contributed by atoms with van der Waals surface area (Å²) in [6, 6.07) is 14.5. The van der Waals surface area contributed by atoms with Crippen LogP contribution in [0.1, 0.15) is 13.3 Å². The van der Waals surface area contributed by atoms with Gasteiger partial charge in [0.05, 0.1) is 17.1 Å². The van der Waals surface area contributed by atoms with Gasteiger partial charge in [-0.25, -0.2) is 8.42 Å². The molecule has 0 radical (unpaired) electrons. The molecule has 1 amide bonds. The van der Waals surface area contributed by atoms with E-state index in [1.54, 1.807) is 36.0 Å². The first-order valence-electron chi connectivity index (χ1n) is 8.44. The molecule has 0 aliphatic carbocycles. The highest BCUT2D eigenvalue weighted by Gasteiger charge is 2.23. The quantitative estimate of drug-likeness (QED) is 0.866. The molecule has 1 unspecified atom stereocenters. The number of para-hydroxylation sites is 1. The molecule has 0 aromatic heterocycles. The number of amides is 1. The van der Waals surface area contributed by atoms with E-state index in [1.165, 1.54) is 6.26 Å². The van der Waals surface area contributed by atoms with E-state index in [2.05, 4.69) is 12.2 Å². The highest BCUT2D eigenvalue weighted by atomic mass is 32.2. The second-order valence-electron chi connectivity index (χ2n) is 6.38. The van der Waals surface area contributed by atoms with Gasteiger partial charge in [0.2, 0.25) is 5.91 Å². The van der Waals surface area contributed by atoms with Crippen molar-refractivity contribution in [2.24, 2.45) is 0 Å². The summed E-state index contributed by atoms with van der Waals surface area (Å²) < 4.78 is 23.3. The predicted octanol–water partition coefficient (Wildman–Crippen LogP) is 3.42. The van der Waals surface area contributed by atoms with Crippen molar-refractivity contribution in [3.05, 3.63) is 48.5 Å². The van der Waals surface area contributed by atoms with Crippen LogP contribution in [0.4, 0.5) is 11.4 Å². The first-order chi connectivity index (χ1) is 12.3. The van der Waals surface area contributed by atoms with Gasteiger partial charge >= 0.3 is 0 Å². The smallest absolute Gasteiger partial charge is 0.246 e. The van der Waals surface area contributed by atoms with Gasteiger partial charge in [-0.2, -0.15) is 0 Å². The maximum Gasteiger partial charge on any atom is 0.246 e. The van der Waals surface area contributed by atoms with Crippen LogP contribution in [0.25, 0.3) is 0 Å². The predicted molar refractivity (Wildman–Crippen MR) is 107 cm³/mol. The monoisotopic (exact) mass is 390 g/mol. The van der Waals surface area contributed by atoms with E-state index in [0.717, 1.165) is 17.0 Å². The Balaban J connectivity index is 1.75. The lowest BCUT2D eigenvalue weighted by Crippen LogP contribution is -2.36.